The number of nitrogens with zero attached hydrogens (tertiary/aromatic N) is 2. The van der Waals surface area contributed by atoms with Crippen molar-refractivity contribution < 1.29 is 4.79 Å². The van der Waals surface area contributed by atoms with E-state index in [9.17, 15) is 4.79 Å². The largest absolute Gasteiger partial charge is 0.398 e. The van der Waals surface area contributed by atoms with Crippen molar-refractivity contribution in [2.45, 2.75) is 32.7 Å². The highest BCUT2D eigenvalue weighted by atomic mass is 16.2. The minimum atomic E-state index is -0.0904. The van der Waals surface area contributed by atoms with Crippen molar-refractivity contribution in [3.05, 3.63) is 24.0 Å². The summed E-state index contributed by atoms with van der Waals surface area (Å²) >= 11 is 0. The van der Waals surface area contributed by atoms with Crippen LogP contribution in [0, 0.1) is 0 Å². The quantitative estimate of drug-likeness (QED) is 0.781. The van der Waals surface area contributed by atoms with Crippen LogP contribution in [0.4, 0.5) is 11.4 Å². The Kier molecular flexibility index (Phi) is 2.51. The molecule has 20 heavy (non-hydrogen) atoms. The second-order valence-corrected chi connectivity index (χ2v) is 6.40. The number of likely N-dealkylation sites (N-methyl/N-ethyl adjacent to an activating group) is 1. The Bertz CT molecular complexity index is 709. The summed E-state index contributed by atoms with van der Waals surface area (Å²) in [7, 11) is 1.81. The lowest BCUT2D eigenvalue weighted by atomic mass is 10.0. The molecule has 0 bridgehead atoms. The monoisotopic (exact) mass is 272 g/mol. The van der Waals surface area contributed by atoms with E-state index in [0.29, 0.717) is 6.42 Å². The average molecular weight is 272 g/mol. The normalized spacial score (nSPS) is 15.0. The van der Waals surface area contributed by atoms with Crippen LogP contribution in [0.5, 0.6) is 0 Å². The highest BCUT2D eigenvalue weighted by Crippen LogP contribution is 2.38. The third kappa shape index (κ3) is 1.81. The number of nitrogen functional groups attached to an aromatic ring is 1. The zero-order valence-electron chi connectivity index (χ0n) is 12.3. The van der Waals surface area contributed by atoms with Crippen molar-refractivity contribution >= 4 is 28.1 Å². The fraction of sp³-hybridized carbons (Fsp3) is 0.400. The fourth-order valence-corrected chi connectivity index (χ4v) is 2.70. The van der Waals surface area contributed by atoms with Gasteiger partial charge in [-0.2, -0.15) is 0 Å². The number of nitrogens with one attached hydrogen (secondary N) is 1. The van der Waals surface area contributed by atoms with Gasteiger partial charge in [-0.1, -0.05) is 0 Å². The molecule has 1 aliphatic heterocycles. The Hall–Kier alpha value is -2.17. The summed E-state index contributed by atoms with van der Waals surface area (Å²) in [5, 5.41) is 2.07. The number of nitrogens with two attached hydrogens (primary N) is 1. The van der Waals surface area contributed by atoms with Crippen LogP contribution in [0.2, 0.25) is 0 Å². The Morgan fingerprint density at radius 1 is 1.30 bits per heavy atom. The SMILES string of the molecule is CN1C(=O)Cc2c3c1ccc(N)c3cn2NC(C)(C)C. The van der Waals surface area contributed by atoms with Gasteiger partial charge in [0.1, 0.15) is 0 Å². The summed E-state index contributed by atoms with van der Waals surface area (Å²) in [4.78, 5) is 13.9. The van der Waals surface area contributed by atoms with Gasteiger partial charge in [-0.25, -0.2) is 0 Å². The third-order valence-corrected chi connectivity index (χ3v) is 3.60. The molecule has 1 aliphatic rings. The van der Waals surface area contributed by atoms with Gasteiger partial charge >= 0.3 is 0 Å². The van der Waals surface area contributed by atoms with E-state index < -0.39 is 0 Å². The Morgan fingerprint density at radius 3 is 2.65 bits per heavy atom. The molecule has 0 unspecified atom stereocenters. The molecule has 2 aromatic rings. The molecule has 3 N–H and O–H groups in total. The van der Waals surface area contributed by atoms with Gasteiger partial charge in [-0.3, -0.25) is 9.47 Å². The smallest absolute Gasteiger partial charge is 0.232 e. The number of amides is 1. The maximum absolute atomic E-state index is 12.2. The Labute approximate surface area is 118 Å². The first-order valence-electron chi connectivity index (χ1n) is 6.75. The molecule has 106 valence electrons. The van der Waals surface area contributed by atoms with E-state index in [1.165, 1.54) is 0 Å². The minimum Gasteiger partial charge on any atom is -0.398 e. The second kappa shape index (κ2) is 3.91. The fourth-order valence-electron chi connectivity index (χ4n) is 2.70. The number of hydrogen-bond donors (Lipinski definition) is 2. The number of carbonyl (C=O) groups excluding carboxylic acids is 1. The van der Waals surface area contributed by atoms with Crippen molar-refractivity contribution in [2.24, 2.45) is 0 Å². The van der Waals surface area contributed by atoms with Crippen LogP contribution >= 0.6 is 0 Å². The van der Waals surface area contributed by atoms with Crippen LogP contribution in [0.15, 0.2) is 18.3 Å². The van der Waals surface area contributed by atoms with Gasteiger partial charge in [0.15, 0.2) is 0 Å². The van der Waals surface area contributed by atoms with Crippen molar-refractivity contribution in [1.29, 1.82) is 0 Å². The van der Waals surface area contributed by atoms with Crippen molar-refractivity contribution in [3.8, 4) is 0 Å². The van der Waals surface area contributed by atoms with Gasteiger partial charge in [0.25, 0.3) is 0 Å². The molecular weight excluding hydrogens is 252 g/mol. The molecular formula is C15H20N4O. The molecule has 1 aromatic heterocycles. The lowest BCUT2D eigenvalue weighted by molar-refractivity contribution is -0.117. The molecule has 1 aromatic carbocycles. The molecule has 0 fully saturated rings. The third-order valence-electron chi connectivity index (χ3n) is 3.60. The molecule has 5 heteroatoms. The van der Waals surface area contributed by atoms with Gasteiger partial charge in [0.2, 0.25) is 5.91 Å². The maximum Gasteiger partial charge on any atom is 0.232 e. The van der Waals surface area contributed by atoms with Crippen molar-refractivity contribution in [1.82, 2.24) is 4.68 Å². The Balaban J connectivity index is 2.29. The summed E-state index contributed by atoms with van der Waals surface area (Å²) < 4.78 is 1.95. The van der Waals surface area contributed by atoms with Crippen LogP contribution in [0.1, 0.15) is 26.5 Å². The number of hydrogen-bond acceptors (Lipinski definition) is 3. The van der Waals surface area contributed by atoms with Gasteiger partial charge in [-0.05, 0) is 32.9 Å². The molecule has 0 atom stereocenters. The first-order chi connectivity index (χ1) is 9.28. The molecule has 0 spiro atoms. The van der Waals surface area contributed by atoms with E-state index in [1.807, 2.05) is 30.1 Å². The number of carbonyl (C=O) groups is 1. The molecule has 5 nitrogen and oxygen atoms in total. The second-order valence-electron chi connectivity index (χ2n) is 6.40. The first-order valence-corrected chi connectivity index (χ1v) is 6.75. The van der Waals surface area contributed by atoms with Crippen LogP contribution in [-0.4, -0.2) is 23.2 Å². The van der Waals surface area contributed by atoms with Gasteiger partial charge < -0.3 is 16.1 Å². The van der Waals surface area contributed by atoms with E-state index >= 15 is 0 Å². The van der Waals surface area contributed by atoms with Crippen LogP contribution in [-0.2, 0) is 11.2 Å². The summed E-state index contributed by atoms with van der Waals surface area (Å²) in [5.74, 6) is 0.0965. The zero-order chi connectivity index (χ0) is 14.7. The molecule has 3 rings (SSSR count). The number of rotatable bonds is 1. The Morgan fingerprint density at radius 2 is 2.00 bits per heavy atom. The maximum atomic E-state index is 12.2. The number of anilines is 2. The van der Waals surface area contributed by atoms with E-state index in [4.69, 9.17) is 5.73 Å². The van der Waals surface area contributed by atoms with Crippen LogP contribution in [0.25, 0.3) is 10.8 Å². The molecule has 0 saturated heterocycles. The van der Waals surface area contributed by atoms with Gasteiger partial charge in [-0.15, -0.1) is 0 Å². The molecule has 0 saturated carbocycles. The van der Waals surface area contributed by atoms with Crippen molar-refractivity contribution in [3.63, 3.8) is 0 Å². The topological polar surface area (TPSA) is 63.3 Å². The first kappa shape index (κ1) is 12.8. The predicted molar refractivity (Wildman–Crippen MR) is 82.6 cm³/mol. The lowest BCUT2D eigenvalue weighted by Gasteiger charge is -2.28. The molecule has 2 heterocycles. The summed E-state index contributed by atoms with van der Waals surface area (Å²) in [5.41, 5.74) is 12.0. The van der Waals surface area contributed by atoms with Crippen LogP contribution < -0.4 is 16.1 Å². The van der Waals surface area contributed by atoms with E-state index in [1.54, 1.807) is 4.90 Å². The molecule has 0 radical (unpaired) electrons. The highest BCUT2D eigenvalue weighted by Gasteiger charge is 2.28. The lowest BCUT2D eigenvalue weighted by Crippen LogP contribution is -2.37. The summed E-state index contributed by atoms with van der Waals surface area (Å²) in [6, 6.07) is 3.78. The molecule has 1 amide bonds. The summed E-state index contributed by atoms with van der Waals surface area (Å²) in [6.07, 6.45) is 2.38. The van der Waals surface area contributed by atoms with Gasteiger partial charge in [0.05, 0.1) is 17.8 Å². The predicted octanol–water partition coefficient (Wildman–Crippen LogP) is 2.08. The van der Waals surface area contributed by atoms with E-state index in [0.717, 1.165) is 27.8 Å². The zero-order valence-corrected chi connectivity index (χ0v) is 12.3. The van der Waals surface area contributed by atoms with E-state index in [-0.39, 0.29) is 11.4 Å². The highest BCUT2D eigenvalue weighted by molar-refractivity contribution is 6.13. The van der Waals surface area contributed by atoms with Crippen LogP contribution in [0.3, 0.4) is 0 Å². The number of benzene rings is 1. The van der Waals surface area contributed by atoms with Gasteiger partial charge in [0, 0.05) is 35.2 Å². The number of aromatic nitrogens is 1. The average Bonchev–Trinajstić information content (AvgIpc) is 2.66. The van der Waals surface area contributed by atoms with Crippen molar-refractivity contribution in [2.75, 3.05) is 23.1 Å². The molecule has 0 aliphatic carbocycles. The standard InChI is InChI=1S/C15H20N4O/c1-15(2,3)17-19-8-9-10(16)5-6-11-14(9)12(19)7-13(20)18(11)4/h5-6,8,17H,7,16H2,1-4H3. The van der Waals surface area contributed by atoms with E-state index in [2.05, 4.69) is 26.2 Å². The summed E-state index contributed by atoms with van der Waals surface area (Å²) in [6.45, 7) is 6.27. The minimum absolute atomic E-state index is 0.0904.